The van der Waals surface area contributed by atoms with Gasteiger partial charge >= 0.3 is 0 Å². The highest BCUT2D eigenvalue weighted by atomic mass is 35.5. The standard InChI is InChI=1S/C39H37ClF4N8O5S/c1-7-22-18-39(43,44)35-31(22)36(45-20(2)53)49-52(35)19-30(54)47-29(16-21-14-23(41)17-24(42)15-21)33-26(9-8-25(46-33)12-13-38(3,4)55)27-10-11-28(40)32-34(27)51(5)48-37(32)50-58(6,56)57/h7-11,14-15,17,22,29,55H,1,16,18-19H2,2-6H3,(H,47,54)(H,48,50)(H,45,49,53)/t22-,29-/m0/s1. The number of benzene rings is 2. The molecule has 0 spiro atoms. The van der Waals surface area contributed by atoms with E-state index in [1.54, 1.807) is 19.2 Å². The van der Waals surface area contributed by atoms with Crippen LogP contribution in [0, 0.1) is 23.5 Å². The number of carbonyl (C=O) groups excluding carboxylic acids is 2. The zero-order valence-corrected chi connectivity index (χ0v) is 33.3. The van der Waals surface area contributed by atoms with Crippen LogP contribution in [0.2, 0.25) is 5.02 Å². The molecule has 304 valence electrons. The normalized spacial score (nSPS) is 15.3. The summed E-state index contributed by atoms with van der Waals surface area (Å²) in [4.78, 5) is 30.9. The van der Waals surface area contributed by atoms with Crippen LogP contribution in [0.4, 0.5) is 29.2 Å². The maximum Gasteiger partial charge on any atom is 0.290 e. The number of hydrogen-bond donors (Lipinski definition) is 4. The number of nitrogens with one attached hydrogen (secondary N) is 3. The van der Waals surface area contributed by atoms with Gasteiger partial charge in [0.15, 0.2) is 11.6 Å². The lowest BCUT2D eigenvalue weighted by molar-refractivity contribution is -0.122. The summed E-state index contributed by atoms with van der Waals surface area (Å²) in [6.45, 7) is 6.96. The second-order valence-corrected chi connectivity index (χ2v) is 16.6. The molecule has 0 fully saturated rings. The Morgan fingerprint density at radius 2 is 1.79 bits per heavy atom. The molecular weight excluding hydrogens is 804 g/mol. The topological polar surface area (TPSA) is 173 Å². The lowest BCUT2D eigenvalue weighted by Gasteiger charge is -2.23. The van der Waals surface area contributed by atoms with Crippen LogP contribution in [0.3, 0.4) is 0 Å². The van der Waals surface area contributed by atoms with Gasteiger partial charge in [-0.1, -0.05) is 29.7 Å². The van der Waals surface area contributed by atoms with Crippen LogP contribution >= 0.6 is 11.6 Å². The largest absolute Gasteiger partial charge is 0.378 e. The summed E-state index contributed by atoms with van der Waals surface area (Å²) >= 11 is 6.60. The fourth-order valence-corrected chi connectivity index (χ4v) is 7.65. The number of allylic oxidation sites excluding steroid dienone is 1. The molecule has 6 rings (SSSR count). The second-order valence-electron chi connectivity index (χ2n) is 14.4. The molecular formula is C39H37ClF4N8O5S. The van der Waals surface area contributed by atoms with E-state index in [4.69, 9.17) is 16.6 Å². The summed E-state index contributed by atoms with van der Waals surface area (Å²) in [5.74, 6) is -2.37. The summed E-state index contributed by atoms with van der Waals surface area (Å²) in [5.41, 5.74) is -0.728. The zero-order chi connectivity index (χ0) is 42.5. The number of fused-ring (bicyclic) bond motifs is 2. The minimum absolute atomic E-state index is 0.0180. The number of sulfonamides is 1. The Morgan fingerprint density at radius 3 is 2.41 bits per heavy atom. The first kappa shape index (κ1) is 41.9. The molecule has 3 heterocycles. The Labute approximate surface area is 335 Å². The third-order valence-corrected chi connectivity index (χ3v) is 9.89. The van der Waals surface area contributed by atoms with Crippen molar-refractivity contribution in [2.75, 3.05) is 16.3 Å². The van der Waals surface area contributed by atoms with Crippen LogP contribution in [0.15, 0.2) is 55.1 Å². The van der Waals surface area contributed by atoms with Crippen molar-refractivity contribution in [3.63, 3.8) is 0 Å². The number of pyridine rings is 1. The Balaban J connectivity index is 1.54. The van der Waals surface area contributed by atoms with Gasteiger partial charge in [0.25, 0.3) is 5.92 Å². The van der Waals surface area contributed by atoms with Gasteiger partial charge in [0.05, 0.1) is 33.9 Å². The number of halogens is 5. The van der Waals surface area contributed by atoms with Crippen molar-refractivity contribution in [2.24, 2.45) is 7.05 Å². The van der Waals surface area contributed by atoms with E-state index in [-0.39, 0.29) is 51.0 Å². The number of aliphatic hydroxyl groups is 1. The van der Waals surface area contributed by atoms with E-state index in [0.29, 0.717) is 22.7 Å². The molecule has 5 aromatic rings. The van der Waals surface area contributed by atoms with Crippen LogP contribution in [0.5, 0.6) is 0 Å². The van der Waals surface area contributed by atoms with Gasteiger partial charge in [-0.15, -0.1) is 6.58 Å². The number of aryl methyl sites for hydroxylation is 1. The van der Waals surface area contributed by atoms with Crippen LogP contribution in [-0.4, -0.2) is 61.7 Å². The van der Waals surface area contributed by atoms with E-state index in [2.05, 4.69) is 44.0 Å². The van der Waals surface area contributed by atoms with Gasteiger partial charge in [0.1, 0.15) is 35.2 Å². The molecule has 0 radical (unpaired) electrons. The summed E-state index contributed by atoms with van der Waals surface area (Å²) in [7, 11) is -2.27. The Bertz CT molecular complexity index is 2660. The van der Waals surface area contributed by atoms with E-state index in [0.717, 1.165) is 23.1 Å². The van der Waals surface area contributed by atoms with Crippen LogP contribution in [0.1, 0.15) is 67.4 Å². The van der Waals surface area contributed by atoms with Gasteiger partial charge in [0, 0.05) is 49.1 Å². The van der Waals surface area contributed by atoms with E-state index in [9.17, 15) is 31.9 Å². The van der Waals surface area contributed by atoms with Gasteiger partial charge in [-0.3, -0.25) is 23.7 Å². The zero-order valence-electron chi connectivity index (χ0n) is 31.7. The molecule has 0 saturated carbocycles. The number of aromatic nitrogens is 5. The Hall–Kier alpha value is -5.77. The van der Waals surface area contributed by atoms with Crippen molar-refractivity contribution in [3.8, 4) is 23.0 Å². The molecule has 13 nitrogen and oxygen atoms in total. The Kier molecular flexibility index (Phi) is 11.2. The lowest BCUT2D eigenvalue weighted by atomic mass is 9.93. The minimum Gasteiger partial charge on any atom is -0.378 e. The SMILES string of the molecule is C=C[C@H]1CC(F)(F)c2c1c(NC(C)=O)nn2CC(=O)N[C@@H](Cc1cc(F)cc(F)c1)c1nc(C#CC(C)(C)O)ccc1-c1ccc(Cl)c2c(NS(C)(=O)=O)nn(C)c12. The average Bonchev–Trinajstić information content (AvgIpc) is 3.71. The number of rotatable bonds is 11. The maximum absolute atomic E-state index is 15.5. The van der Waals surface area contributed by atoms with Crippen LogP contribution < -0.4 is 15.4 Å². The summed E-state index contributed by atoms with van der Waals surface area (Å²) in [6, 6.07) is 7.74. The Morgan fingerprint density at radius 1 is 1.12 bits per heavy atom. The number of carbonyl (C=O) groups is 2. The molecule has 2 amide bonds. The van der Waals surface area contributed by atoms with Gasteiger partial charge < -0.3 is 15.7 Å². The van der Waals surface area contributed by atoms with Crippen molar-refractivity contribution in [2.45, 2.75) is 63.6 Å². The molecule has 1 aliphatic rings. The predicted octanol–water partition coefficient (Wildman–Crippen LogP) is 6.08. The molecule has 3 aromatic heterocycles. The van der Waals surface area contributed by atoms with Crippen molar-refractivity contribution in [3.05, 3.63) is 100.0 Å². The van der Waals surface area contributed by atoms with Crippen LogP contribution in [0.25, 0.3) is 22.0 Å². The van der Waals surface area contributed by atoms with Gasteiger partial charge in [-0.05, 0) is 62.1 Å². The average molecular weight is 841 g/mol. The van der Waals surface area contributed by atoms with E-state index in [1.165, 1.54) is 43.7 Å². The highest BCUT2D eigenvalue weighted by molar-refractivity contribution is 7.92. The first-order valence-corrected chi connectivity index (χ1v) is 19.8. The molecule has 0 aliphatic heterocycles. The smallest absolute Gasteiger partial charge is 0.290 e. The minimum atomic E-state index is -3.82. The van der Waals surface area contributed by atoms with Crippen molar-refractivity contribution < 1.29 is 40.7 Å². The summed E-state index contributed by atoms with van der Waals surface area (Å²) in [6.07, 6.45) is 1.29. The predicted molar refractivity (Wildman–Crippen MR) is 210 cm³/mol. The second kappa shape index (κ2) is 15.5. The molecule has 58 heavy (non-hydrogen) atoms. The third kappa shape index (κ3) is 9.01. The van der Waals surface area contributed by atoms with E-state index < -0.39 is 75.6 Å². The summed E-state index contributed by atoms with van der Waals surface area (Å²) in [5, 5.41) is 24.5. The maximum atomic E-state index is 15.5. The molecule has 0 unspecified atom stereocenters. The lowest BCUT2D eigenvalue weighted by Crippen LogP contribution is -2.35. The third-order valence-electron chi connectivity index (χ3n) is 9.01. The molecule has 2 aromatic carbocycles. The monoisotopic (exact) mass is 840 g/mol. The highest BCUT2D eigenvalue weighted by Crippen LogP contribution is 2.51. The van der Waals surface area contributed by atoms with Crippen molar-refractivity contribution >= 4 is 56.0 Å². The molecule has 2 atom stereocenters. The number of nitrogens with zero attached hydrogens (tertiary/aromatic N) is 5. The number of anilines is 2. The molecule has 1 aliphatic carbocycles. The number of alkyl halides is 2. The van der Waals surface area contributed by atoms with Crippen molar-refractivity contribution in [1.82, 2.24) is 29.9 Å². The highest BCUT2D eigenvalue weighted by Gasteiger charge is 2.50. The first-order valence-electron chi connectivity index (χ1n) is 17.6. The molecule has 19 heteroatoms. The van der Waals surface area contributed by atoms with Crippen molar-refractivity contribution in [1.29, 1.82) is 0 Å². The fourth-order valence-electron chi connectivity index (χ4n) is 6.92. The molecule has 0 bridgehead atoms. The number of amides is 2. The molecule has 4 N–H and O–H groups in total. The van der Waals surface area contributed by atoms with Gasteiger partial charge in [-0.2, -0.15) is 19.0 Å². The molecule has 0 saturated heterocycles. The van der Waals surface area contributed by atoms with E-state index in [1.807, 2.05) is 0 Å². The fraction of sp³-hybridized carbons (Fsp3) is 0.308. The summed E-state index contributed by atoms with van der Waals surface area (Å²) < 4.78 is 89.3. The van der Waals surface area contributed by atoms with Crippen LogP contribution in [-0.2, 0) is 45.5 Å². The van der Waals surface area contributed by atoms with Gasteiger partial charge in [0.2, 0.25) is 21.8 Å². The number of hydrogen-bond acceptors (Lipinski definition) is 8. The van der Waals surface area contributed by atoms with Gasteiger partial charge in [-0.25, -0.2) is 22.2 Å². The first-order chi connectivity index (χ1) is 27.0. The van der Waals surface area contributed by atoms with E-state index >= 15 is 8.78 Å². The quantitative estimate of drug-likeness (QED) is 0.0704.